The summed E-state index contributed by atoms with van der Waals surface area (Å²) < 4.78 is 4.56. The van der Waals surface area contributed by atoms with E-state index >= 15 is 0 Å². The fourth-order valence-electron chi connectivity index (χ4n) is 1.34. The SMILES string of the molecule is COC(=O)c1ccc(C[C@@H](C)C(=O)O)cc1. The highest BCUT2D eigenvalue weighted by Crippen LogP contribution is 2.11. The first-order valence-corrected chi connectivity index (χ1v) is 4.94. The lowest BCUT2D eigenvalue weighted by Gasteiger charge is -2.06. The normalized spacial score (nSPS) is 11.9. The van der Waals surface area contributed by atoms with Gasteiger partial charge in [0.15, 0.2) is 0 Å². The van der Waals surface area contributed by atoms with Gasteiger partial charge in [-0.25, -0.2) is 4.79 Å². The average molecular weight is 222 g/mol. The van der Waals surface area contributed by atoms with Crippen molar-refractivity contribution in [3.63, 3.8) is 0 Å². The minimum atomic E-state index is -0.822. The summed E-state index contributed by atoms with van der Waals surface area (Å²) in [5.41, 5.74) is 1.36. The zero-order chi connectivity index (χ0) is 12.1. The monoisotopic (exact) mass is 222 g/mol. The predicted molar refractivity (Wildman–Crippen MR) is 58.3 cm³/mol. The van der Waals surface area contributed by atoms with Crippen LogP contribution in [0.3, 0.4) is 0 Å². The lowest BCUT2D eigenvalue weighted by Crippen LogP contribution is -2.12. The van der Waals surface area contributed by atoms with Crippen LogP contribution in [0, 0.1) is 5.92 Å². The third kappa shape index (κ3) is 3.08. The van der Waals surface area contributed by atoms with Gasteiger partial charge in [-0.3, -0.25) is 4.79 Å². The zero-order valence-corrected chi connectivity index (χ0v) is 9.27. The number of hydrogen-bond acceptors (Lipinski definition) is 3. The predicted octanol–water partition coefficient (Wildman–Crippen LogP) is 1.74. The second-order valence-electron chi connectivity index (χ2n) is 3.63. The molecule has 0 heterocycles. The first-order valence-electron chi connectivity index (χ1n) is 4.94. The van der Waals surface area contributed by atoms with Crippen molar-refractivity contribution in [2.45, 2.75) is 13.3 Å². The molecular weight excluding hydrogens is 208 g/mol. The summed E-state index contributed by atoms with van der Waals surface area (Å²) in [5, 5.41) is 8.75. The molecule has 0 saturated carbocycles. The Morgan fingerprint density at radius 2 is 1.88 bits per heavy atom. The largest absolute Gasteiger partial charge is 0.481 e. The molecule has 1 rings (SSSR count). The molecule has 0 aliphatic carbocycles. The van der Waals surface area contributed by atoms with Crippen molar-refractivity contribution in [2.75, 3.05) is 7.11 Å². The zero-order valence-electron chi connectivity index (χ0n) is 9.27. The van der Waals surface area contributed by atoms with Gasteiger partial charge in [-0.1, -0.05) is 19.1 Å². The number of carbonyl (C=O) groups excluding carboxylic acids is 1. The Labute approximate surface area is 93.9 Å². The Kier molecular flexibility index (Phi) is 4.05. The fraction of sp³-hybridized carbons (Fsp3) is 0.333. The van der Waals surface area contributed by atoms with E-state index in [0.29, 0.717) is 12.0 Å². The minimum Gasteiger partial charge on any atom is -0.481 e. The van der Waals surface area contributed by atoms with E-state index < -0.39 is 17.9 Å². The van der Waals surface area contributed by atoms with Gasteiger partial charge in [-0.2, -0.15) is 0 Å². The van der Waals surface area contributed by atoms with E-state index in [1.54, 1.807) is 31.2 Å². The molecule has 0 fully saturated rings. The number of carbonyl (C=O) groups is 2. The fourth-order valence-corrected chi connectivity index (χ4v) is 1.34. The van der Waals surface area contributed by atoms with Crippen LogP contribution >= 0.6 is 0 Å². The van der Waals surface area contributed by atoms with Crippen LogP contribution in [-0.4, -0.2) is 24.2 Å². The number of hydrogen-bond donors (Lipinski definition) is 1. The molecule has 1 aromatic rings. The Morgan fingerprint density at radius 3 is 2.31 bits per heavy atom. The van der Waals surface area contributed by atoms with Crippen molar-refractivity contribution in [2.24, 2.45) is 5.92 Å². The molecule has 16 heavy (non-hydrogen) atoms. The molecular formula is C12H14O4. The van der Waals surface area contributed by atoms with E-state index in [-0.39, 0.29) is 0 Å². The topological polar surface area (TPSA) is 63.6 Å². The highest BCUT2D eigenvalue weighted by molar-refractivity contribution is 5.89. The highest BCUT2D eigenvalue weighted by atomic mass is 16.5. The van der Waals surface area contributed by atoms with Gasteiger partial charge in [0.05, 0.1) is 18.6 Å². The number of carboxylic acids is 1. The third-order valence-electron chi connectivity index (χ3n) is 2.34. The Bertz CT molecular complexity index is 381. The van der Waals surface area contributed by atoms with Gasteiger partial charge < -0.3 is 9.84 Å². The molecule has 4 nitrogen and oxygen atoms in total. The Hall–Kier alpha value is -1.84. The van der Waals surface area contributed by atoms with Gasteiger partial charge in [-0.05, 0) is 24.1 Å². The van der Waals surface area contributed by atoms with E-state index in [1.807, 2.05) is 0 Å². The molecule has 0 bridgehead atoms. The van der Waals surface area contributed by atoms with Crippen molar-refractivity contribution >= 4 is 11.9 Å². The summed E-state index contributed by atoms with van der Waals surface area (Å²) in [6.07, 6.45) is 0.455. The molecule has 0 saturated heterocycles. The Morgan fingerprint density at radius 1 is 1.31 bits per heavy atom. The molecule has 86 valence electrons. The van der Waals surface area contributed by atoms with Crippen LogP contribution in [0.5, 0.6) is 0 Å². The summed E-state index contributed by atoms with van der Waals surface area (Å²) in [6.45, 7) is 1.65. The number of rotatable bonds is 4. The third-order valence-corrected chi connectivity index (χ3v) is 2.34. The maximum Gasteiger partial charge on any atom is 0.337 e. The number of esters is 1. The first kappa shape index (κ1) is 12.2. The second kappa shape index (κ2) is 5.30. The molecule has 1 aromatic carbocycles. The van der Waals surface area contributed by atoms with Gasteiger partial charge in [-0.15, -0.1) is 0 Å². The number of carboxylic acid groups (broad SMARTS) is 1. The standard InChI is InChI=1S/C12H14O4/c1-8(11(13)14)7-9-3-5-10(6-4-9)12(15)16-2/h3-6,8H,7H2,1-2H3,(H,13,14)/t8-/m1/s1. The van der Waals surface area contributed by atoms with Crippen LogP contribution in [0.1, 0.15) is 22.8 Å². The van der Waals surface area contributed by atoms with Crippen molar-refractivity contribution < 1.29 is 19.4 Å². The highest BCUT2D eigenvalue weighted by Gasteiger charge is 2.12. The van der Waals surface area contributed by atoms with Gasteiger partial charge >= 0.3 is 11.9 Å². The van der Waals surface area contributed by atoms with Crippen molar-refractivity contribution in [3.8, 4) is 0 Å². The lowest BCUT2D eigenvalue weighted by molar-refractivity contribution is -0.141. The number of methoxy groups -OCH3 is 1. The summed E-state index contributed by atoms with van der Waals surface area (Å²) in [4.78, 5) is 21.8. The summed E-state index contributed by atoms with van der Waals surface area (Å²) in [5.74, 6) is -1.64. The van der Waals surface area contributed by atoms with Crippen LogP contribution in [0.25, 0.3) is 0 Å². The molecule has 0 aliphatic heterocycles. The average Bonchev–Trinajstić information content (AvgIpc) is 2.28. The molecule has 1 N–H and O–H groups in total. The van der Waals surface area contributed by atoms with Gasteiger partial charge in [0.1, 0.15) is 0 Å². The van der Waals surface area contributed by atoms with Crippen LogP contribution < -0.4 is 0 Å². The van der Waals surface area contributed by atoms with Crippen LogP contribution in [-0.2, 0) is 16.0 Å². The molecule has 4 heteroatoms. The molecule has 0 radical (unpaired) electrons. The van der Waals surface area contributed by atoms with Crippen LogP contribution in [0.15, 0.2) is 24.3 Å². The maximum atomic E-state index is 11.1. The van der Waals surface area contributed by atoms with E-state index in [0.717, 1.165) is 5.56 Å². The van der Waals surface area contributed by atoms with Gasteiger partial charge in [0.2, 0.25) is 0 Å². The maximum absolute atomic E-state index is 11.1. The van der Waals surface area contributed by atoms with E-state index in [1.165, 1.54) is 7.11 Å². The van der Waals surface area contributed by atoms with Crippen molar-refractivity contribution in [1.29, 1.82) is 0 Å². The van der Waals surface area contributed by atoms with Gasteiger partial charge in [0, 0.05) is 0 Å². The molecule has 0 aliphatic rings. The lowest BCUT2D eigenvalue weighted by atomic mass is 10.0. The van der Waals surface area contributed by atoms with Crippen LogP contribution in [0.2, 0.25) is 0 Å². The van der Waals surface area contributed by atoms with Crippen LogP contribution in [0.4, 0.5) is 0 Å². The summed E-state index contributed by atoms with van der Waals surface area (Å²) in [6, 6.07) is 6.75. The number of benzene rings is 1. The smallest absolute Gasteiger partial charge is 0.337 e. The Balaban J connectivity index is 2.72. The molecule has 0 aromatic heterocycles. The molecule has 0 spiro atoms. The molecule has 0 amide bonds. The number of ether oxygens (including phenoxy) is 1. The first-order chi connectivity index (χ1) is 7.54. The van der Waals surface area contributed by atoms with E-state index in [4.69, 9.17) is 5.11 Å². The second-order valence-corrected chi connectivity index (χ2v) is 3.63. The summed E-state index contributed by atoms with van der Waals surface area (Å²) >= 11 is 0. The number of aliphatic carboxylic acids is 1. The summed E-state index contributed by atoms with van der Waals surface area (Å²) in [7, 11) is 1.32. The minimum absolute atomic E-state index is 0.391. The quantitative estimate of drug-likeness (QED) is 0.788. The van der Waals surface area contributed by atoms with E-state index in [9.17, 15) is 9.59 Å². The molecule has 0 unspecified atom stereocenters. The molecule has 1 atom stereocenters. The van der Waals surface area contributed by atoms with Gasteiger partial charge in [0.25, 0.3) is 0 Å². The van der Waals surface area contributed by atoms with Crippen molar-refractivity contribution in [3.05, 3.63) is 35.4 Å². The van der Waals surface area contributed by atoms with Crippen molar-refractivity contribution in [1.82, 2.24) is 0 Å². The van der Waals surface area contributed by atoms with E-state index in [2.05, 4.69) is 4.74 Å².